The van der Waals surface area contributed by atoms with Crippen molar-refractivity contribution in [2.45, 2.75) is 6.92 Å². The van der Waals surface area contributed by atoms with E-state index in [2.05, 4.69) is 42.4 Å². The Morgan fingerprint density at radius 1 is 1.20 bits per heavy atom. The van der Waals surface area contributed by atoms with Crippen molar-refractivity contribution < 1.29 is 19.4 Å². The van der Waals surface area contributed by atoms with Gasteiger partial charge in [-0.05, 0) is 68.6 Å². The summed E-state index contributed by atoms with van der Waals surface area (Å²) in [5, 5.41) is 13.7. The van der Waals surface area contributed by atoms with Crippen LogP contribution in [0, 0.1) is 0 Å². The summed E-state index contributed by atoms with van der Waals surface area (Å²) in [7, 11) is 0. The fraction of sp³-hybridized carbons (Fsp3) is 0.176. The summed E-state index contributed by atoms with van der Waals surface area (Å²) < 4.78 is 12.0. The molecule has 25 heavy (non-hydrogen) atoms. The molecule has 2 aromatic carbocycles. The Bertz CT molecular complexity index is 781. The van der Waals surface area contributed by atoms with Gasteiger partial charge in [0.15, 0.2) is 18.1 Å². The predicted molar refractivity (Wildman–Crippen MR) is 102 cm³/mol. The molecule has 132 valence electrons. The van der Waals surface area contributed by atoms with E-state index in [-0.39, 0.29) is 12.4 Å². The van der Waals surface area contributed by atoms with Crippen LogP contribution in [0.25, 0.3) is 0 Å². The van der Waals surface area contributed by atoms with Gasteiger partial charge in [-0.2, -0.15) is 5.10 Å². The molecule has 0 spiro atoms. The summed E-state index contributed by atoms with van der Waals surface area (Å²) in [4.78, 5) is 11.8. The molecule has 2 rings (SSSR count). The highest BCUT2D eigenvalue weighted by molar-refractivity contribution is 9.10. The number of rotatable bonds is 7. The van der Waals surface area contributed by atoms with E-state index in [1.807, 2.05) is 25.1 Å². The van der Waals surface area contributed by atoms with Crippen LogP contribution in [0.4, 0.5) is 0 Å². The number of hydrogen-bond donors (Lipinski definition) is 2. The third kappa shape index (κ3) is 5.75. The molecule has 8 heteroatoms. The lowest BCUT2D eigenvalue weighted by molar-refractivity contribution is -0.123. The number of benzene rings is 2. The molecule has 0 saturated heterocycles. The van der Waals surface area contributed by atoms with Gasteiger partial charge in [0.05, 0.1) is 21.8 Å². The van der Waals surface area contributed by atoms with Crippen LogP contribution in [0.3, 0.4) is 0 Å². The van der Waals surface area contributed by atoms with E-state index in [9.17, 15) is 9.90 Å². The van der Waals surface area contributed by atoms with Crippen molar-refractivity contribution in [3.05, 3.63) is 50.9 Å². The highest BCUT2D eigenvalue weighted by Gasteiger charge is 2.08. The number of ether oxygens (including phenoxy) is 2. The molecule has 0 aliphatic rings. The number of nitrogens with one attached hydrogen (secondary N) is 1. The number of para-hydroxylation sites is 1. The SMILES string of the molecule is CCOc1cc(/C=N\NC(=O)COc2ccccc2Br)cc(Br)c1O. The fourth-order valence-electron chi connectivity index (χ4n) is 1.85. The maximum absolute atomic E-state index is 11.8. The van der Waals surface area contributed by atoms with Gasteiger partial charge in [0.2, 0.25) is 0 Å². The van der Waals surface area contributed by atoms with Crippen LogP contribution in [-0.4, -0.2) is 30.4 Å². The quantitative estimate of drug-likeness (QED) is 0.474. The third-order valence-electron chi connectivity index (χ3n) is 2.95. The van der Waals surface area contributed by atoms with Gasteiger partial charge >= 0.3 is 0 Å². The molecule has 2 aromatic rings. The van der Waals surface area contributed by atoms with E-state index >= 15 is 0 Å². The fourth-order valence-corrected chi connectivity index (χ4v) is 2.71. The number of carbonyl (C=O) groups is 1. The van der Waals surface area contributed by atoms with Crippen LogP contribution in [0.15, 0.2) is 50.4 Å². The number of hydrazone groups is 1. The van der Waals surface area contributed by atoms with Gasteiger partial charge in [-0.3, -0.25) is 4.79 Å². The monoisotopic (exact) mass is 470 g/mol. The Balaban J connectivity index is 1.92. The number of aromatic hydroxyl groups is 1. The minimum absolute atomic E-state index is 0.0184. The Labute approximate surface area is 162 Å². The van der Waals surface area contributed by atoms with Crippen LogP contribution >= 0.6 is 31.9 Å². The van der Waals surface area contributed by atoms with Crippen LogP contribution in [0.5, 0.6) is 17.2 Å². The molecular weight excluding hydrogens is 456 g/mol. The molecule has 0 aromatic heterocycles. The highest BCUT2D eigenvalue weighted by Crippen LogP contribution is 2.35. The zero-order valence-corrected chi connectivity index (χ0v) is 16.5. The van der Waals surface area contributed by atoms with Crippen molar-refractivity contribution in [2.75, 3.05) is 13.2 Å². The van der Waals surface area contributed by atoms with Gasteiger partial charge in [0.1, 0.15) is 5.75 Å². The second-order valence-corrected chi connectivity index (χ2v) is 6.50. The first-order valence-electron chi connectivity index (χ1n) is 7.35. The van der Waals surface area contributed by atoms with Gasteiger partial charge in [-0.25, -0.2) is 5.43 Å². The minimum Gasteiger partial charge on any atom is -0.503 e. The molecule has 0 aliphatic heterocycles. The van der Waals surface area contributed by atoms with Crippen LogP contribution in [0.1, 0.15) is 12.5 Å². The van der Waals surface area contributed by atoms with Crippen LogP contribution in [-0.2, 0) is 4.79 Å². The molecule has 6 nitrogen and oxygen atoms in total. The Morgan fingerprint density at radius 3 is 2.68 bits per heavy atom. The van der Waals surface area contributed by atoms with Gasteiger partial charge in [-0.1, -0.05) is 12.1 Å². The van der Waals surface area contributed by atoms with Crippen molar-refractivity contribution in [1.29, 1.82) is 0 Å². The lowest BCUT2D eigenvalue weighted by Gasteiger charge is -2.08. The van der Waals surface area contributed by atoms with E-state index < -0.39 is 5.91 Å². The van der Waals surface area contributed by atoms with Gasteiger partial charge in [-0.15, -0.1) is 0 Å². The number of halogens is 2. The summed E-state index contributed by atoms with van der Waals surface area (Å²) in [6.07, 6.45) is 1.45. The van der Waals surface area contributed by atoms with Crippen molar-refractivity contribution in [2.24, 2.45) is 5.10 Å². The molecular formula is C17H16Br2N2O4. The molecule has 1 amide bonds. The van der Waals surface area contributed by atoms with E-state index in [4.69, 9.17) is 9.47 Å². The average Bonchev–Trinajstić information content (AvgIpc) is 2.58. The molecule has 0 radical (unpaired) electrons. The summed E-state index contributed by atoms with van der Waals surface area (Å²) in [5.74, 6) is 0.534. The summed E-state index contributed by atoms with van der Waals surface area (Å²) >= 11 is 6.58. The number of hydrogen-bond acceptors (Lipinski definition) is 5. The maximum atomic E-state index is 11.8. The van der Waals surface area contributed by atoms with Crippen molar-refractivity contribution in [3.63, 3.8) is 0 Å². The Hall–Kier alpha value is -2.06. The highest BCUT2D eigenvalue weighted by atomic mass is 79.9. The summed E-state index contributed by atoms with van der Waals surface area (Å²) in [6, 6.07) is 10.5. The Kier molecular flexibility index (Phi) is 7.27. The molecule has 0 heterocycles. The number of phenolic OH excluding ortho intramolecular Hbond substituents is 1. The van der Waals surface area contributed by atoms with Crippen LogP contribution in [0.2, 0.25) is 0 Å². The van der Waals surface area contributed by atoms with E-state index in [1.165, 1.54) is 6.21 Å². The first-order valence-corrected chi connectivity index (χ1v) is 8.94. The molecule has 0 fully saturated rings. The van der Waals surface area contributed by atoms with E-state index in [0.717, 1.165) is 4.47 Å². The number of nitrogens with zero attached hydrogens (tertiary/aromatic N) is 1. The predicted octanol–water partition coefficient (Wildman–Crippen LogP) is 3.85. The smallest absolute Gasteiger partial charge is 0.277 e. The maximum Gasteiger partial charge on any atom is 0.277 e. The normalized spacial score (nSPS) is 10.7. The molecule has 0 unspecified atom stereocenters. The average molecular weight is 472 g/mol. The Morgan fingerprint density at radius 2 is 1.96 bits per heavy atom. The van der Waals surface area contributed by atoms with Gasteiger partial charge in [0.25, 0.3) is 5.91 Å². The molecule has 0 atom stereocenters. The van der Waals surface area contributed by atoms with E-state index in [1.54, 1.807) is 18.2 Å². The summed E-state index contributed by atoms with van der Waals surface area (Å²) in [5.41, 5.74) is 3.03. The van der Waals surface area contributed by atoms with Gasteiger partial charge < -0.3 is 14.6 Å². The largest absolute Gasteiger partial charge is 0.503 e. The standard InChI is InChI=1S/C17H16Br2N2O4/c1-2-24-15-8-11(7-13(19)17(15)23)9-20-21-16(22)10-25-14-6-4-3-5-12(14)18/h3-9,23H,2,10H2,1H3,(H,21,22)/b20-9-. The number of phenols is 1. The van der Waals surface area contributed by atoms with Crippen molar-refractivity contribution in [1.82, 2.24) is 5.43 Å². The topological polar surface area (TPSA) is 80.2 Å². The van der Waals surface area contributed by atoms with Gasteiger partial charge in [0, 0.05) is 0 Å². The first kappa shape index (κ1) is 19.3. The number of amides is 1. The second-order valence-electron chi connectivity index (χ2n) is 4.79. The second kappa shape index (κ2) is 9.43. The molecule has 2 N–H and O–H groups in total. The molecule has 0 aliphatic carbocycles. The van der Waals surface area contributed by atoms with Crippen LogP contribution < -0.4 is 14.9 Å². The molecule has 0 saturated carbocycles. The summed E-state index contributed by atoms with van der Waals surface area (Å²) in [6.45, 7) is 2.08. The molecule has 0 bridgehead atoms. The van der Waals surface area contributed by atoms with Crippen molar-refractivity contribution >= 4 is 44.0 Å². The minimum atomic E-state index is -0.394. The van der Waals surface area contributed by atoms with E-state index in [0.29, 0.717) is 28.1 Å². The number of carbonyl (C=O) groups excluding carboxylic acids is 1. The lowest BCUT2D eigenvalue weighted by atomic mass is 10.2. The zero-order chi connectivity index (χ0) is 18.2. The first-order chi connectivity index (χ1) is 12.0. The van der Waals surface area contributed by atoms with Crippen molar-refractivity contribution in [3.8, 4) is 17.2 Å². The zero-order valence-electron chi connectivity index (χ0n) is 13.3. The third-order valence-corrected chi connectivity index (χ3v) is 4.21. The lowest BCUT2D eigenvalue weighted by Crippen LogP contribution is -2.24.